The Kier molecular flexibility index (Phi) is 4.95. The van der Waals surface area contributed by atoms with E-state index in [0.717, 1.165) is 32.1 Å². The molecular weight excluding hydrogens is 328 g/mol. The Bertz CT molecular complexity index is 648. The molecule has 1 saturated heterocycles. The third kappa shape index (κ3) is 3.61. The Balaban J connectivity index is 1.25. The van der Waals surface area contributed by atoms with Crippen LogP contribution in [0.1, 0.15) is 76.1 Å². The number of urea groups is 1. The summed E-state index contributed by atoms with van der Waals surface area (Å²) in [6, 6.07) is 0.473. The van der Waals surface area contributed by atoms with Crippen molar-refractivity contribution in [3.8, 4) is 0 Å². The molecule has 2 aliphatic carbocycles. The molecule has 26 heavy (non-hydrogen) atoms. The van der Waals surface area contributed by atoms with Gasteiger partial charge in [-0.25, -0.2) is 4.79 Å². The van der Waals surface area contributed by atoms with Crippen molar-refractivity contribution in [2.45, 2.75) is 95.4 Å². The molecule has 6 nitrogen and oxygen atoms in total. The number of aryl methyl sites for hydroxylation is 1. The van der Waals surface area contributed by atoms with Crippen molar-refractivity contribution >= 4 is 6.03 Å². The van der Waals surface area contributed by atoms with Crippen LogP contribution in [0.5, 0.6) is 0 Å². The highest BCUT2D eigenvalue weighted by molar-refractivity contribution is 5.74. The summed E-state index contributed by atoms with van der Waals surface area (Å²) < 4.78 is 8.37. The topological polar surface area (TPSA) is 68.2 Å². The normalized spacial score (nSPS) is 27.0. The van der Waals surface area contributed by atoms with Gasteiger partial charge in [-0.05, 0) is 57.9 Å². The van der Waals surface area contributed by atoms with Gasteiger partial charge in [0, 0.05) is 30.7 Å². The average Bonchev–Trinajstić information content (AvgIpc) is 3.34. The van der Waals surface area contributed by atoms with Gasteiger partial charge in [0.1, 0.15) is 0 Å². The number of fused-ring (bicyclic) bond motifs is 1. The molecule has 2 amide bonds. The number of hydrogen-bond acceptors (Lipinski definition) is 3. The number of rotatable bonds is 4. The summed E-state index contributed by atoms with van der Waals surface area (Å²) in [4.78, 5) is 12.3. The molecule has 2 unspecified atom stereocenters. The lowest BCUT2D eigenvalue weighted by atomic mass is 9.93. The van der Waals surface area contributed by atoms with E-state index in [9.17, 15) is 4.79 Å². The predicted octanol–water partition coefficient (Wildman–Crippen LogP) is 3.11. The molecule has 1 saturated carbocycles. The molecule has 2 N–H and O–H groups in total. The SMILES string of the molecule is CC(C)n1ncc2c1CC(NC(=O)NCC1CCC3(CCCC3)O1)CC2. The van der Waals surface area contributed by atoms with Crippen molar-refractivity contribution in [3.63, 3.8) is 0 Å². The van der Waals surface area contributed by atoms with E-state index >= 15 is 0 Å². The Hall–Kier alpha value is -1.56. The average molecular weight is 361 g/mol. The number of hydrogen-bond donors (Lipinski definition) is 2. The summed E-state index contributed by atoms with van der Waals surface area (Å²) in [6.45, 7) is 4.92. The van der Waals surface area contributed by atoms with E-state index < -0.39 is 0 Å². The van der Waals surface area contributed by atoms with Crippen molar-refractivity contribution in [3.05, 3.63) is 17.5 Å². The highest BCUT2D eigenvalue weighted by Gasteiger charge is 2.42. The second-order valence-electron chi connectivity index (χ2n) is 8.62. The number of carbonyl (C=O) groups is 1. The molecule has 0 radical (unpaired) electrons. The standard InChI is InChI=1S/C20H32N4O2/c1-14(2)24-18-11-16(6-5-15(18)12-22-24)23-19(25)21-13-17-7-10-20(26-17)8-3-4-9-20/h12,14,16-17H,3-11,13H2,1-2H3,(H2,21,23,25). The molecule has 2 fully saturated rings. The van der Waals surface area contributed by atoms with Gasteiger partial charge >= 0.3 is 6.03 Å². The molecule has 1 spiro atoms. The molecule has 3 aliphatic rings. The van der Waals surface area contributed by atoms with E-state index in [0.29, 0.717) is 12.6 Å². The first-order valence-corrected chi connectivity index (χ1v) is 10.3. The molecule has 6 heteroatoms. The molecule has 1 aromatic rings. The molecule has 2 atom stereocenters. The predicted molar refractivity (Wildman–Crippen MR) is 100 cm³/mol. The van der Waals surface area contributed by atoms with E-state index in [2.05, 4.69) is 34.3 Å². The minimum atomic E-state index is -0.0648. The number of nitrogens with one attached hydrogen (secondary N) is 2. The minimum absolute atomic E-state index is 0.0648. The third-order valence-electron chi connectivity index (χ3n) is 6.36. The smallest absolute Gasteiger partial charge is 0.315 e. The van der Waals surface area contributed by atoms with E-state index in [-0.39, 0.29) is 23.8 Å². The maximum atomic E-state index is 12.3. The van der Waals surface area contributed by atoms with Crippen molar-refractivity contribution in [1.82, 2.24) is 20.4 Å². The summed E-state index contributed by atoms with van der Waals surface area (Å²) >= 11 is 0. The maximum Gasteiger partial charge on any atom is 0.315 e. The largest absolute Gasteiger partial charge is 0.370 e. The van der Waals surface area contributed by atoms with Crippen molar-refractivity contribution in [2.75, 3.05) is 6.54 Å². The Morgan fingerprint density at radius 1 is 1.35 bits per heavy atom. The van der Waals surface area contributed by atoms with Crippen LogP contribution in [-0.2, 0) is 17.6 Å². The summed E-state index contributed by atoms with van der Waals surface area (Å²) in [5.74, 6) is 0. The number of nitrogens with zero attached hydrogens (tertiary/aromatic N) is 2. The zero-order valence-corrected chi connectivity index (χ0v) is 16.1. The molecule has 0 bridgehead atoms. The molecule has 1 aromatic heterocycles. The lowest BCUT2D eigenvalue weighted by Crippen LogP contribution is -2.46. The van der Waals surface area contributed by atoms with Crippen molar-refractivity contribution < 1.29 is 9.53 Å². The molecule has 0 aromatic carbocycles. The molecule has 144 valence electrons. The zero-order chi connectivity index (χ0) is 18.1. The molecule has 2 heterocycles. The Morgan fingerprint density at radius 3 is 2.92 bits per heavy atom. The number of amides is 2. The third-order valence-corrected chi connectivity index (χ3v) is 6.36. The summed E-state index contributed by atoms with van der Waals surface area (Å²) in [7, 11) is 0. The summed E-state index contributed by atoms with van der Waals surface area (Å²) in [6.07, 6.45) is 12.2. The number of carbonyl (C=O) groups excluding carboxylic acids is 1. The Morgan fingerprint density at radius 2 is 2.15 bits per heavy atom. The molecule has 4 rings (SSSR count). The van der Waals surface area contributed by atoms with Gasteiger partial charge in [0.2, 0.25) is 0 Å². The van der Waals surface area contributed by atoms with Gasteiger partial charge < -0.3 is 15.4 Å². The lowest BCUT2D eigenvalue weighted by molar-refractivity contribution is -0.0342. The van der Waals surface area contributed by atoms with Crippen LogP contribution in [0.4, 0.5) is 4.79 Å². The first-order valence-electron chi connectivity index (χ1n) is 10.3. The van der Waals surface area contributed by atoms with Crippen LogP contribution in [0.2, 0.25) is 0 Å². The second-order valence-corrected chi connectivity index (χ2v) is 8.62. The van der Waals surface area contributed by atoms with Crippen LogP contribution < -0.4 is 10.6 Å². The fourth-order valence-electron chi connectivity index (χ4n) is 4.96. The maximum absolute atomic E-state index is 12.3. The van der Waals surface area contributed by atoms with Gasteiger partial charge in [-0.15, -0.1) is 0 Å². The number of aromatic nitrogens is 2. The molecule has 1 aliphatic heterocycles. The van der Waals surface area contributed by atoms with Gasteiger partial charge in [-0.3, -0.25) is 4.68 Å². The van der Waals surface area contributed by atoms with Gasteiger partial charge in [0.05, 0.1) is 17.9 Å². The fourth-order valence-corrected chi connectivity index (χ4v) is 4.96. The van der Waals surface area contributed by atoms with Crippen molar-refractivity contribution in [1.29, 1.82) is 0 Å². The first kappa shape index (κ1) is 17.8. The van der Waals surface area contributed by atoms with Crippen LogP contribution >= 0.6 is 0 Å². The highest BCUT2D eigenvalue weighted by atomic mass is 16.5. The van der Waals surface area contributed by atoms with Crippen LogP contribution in [0, 0.1) is 0 Å². The monoisotopic (exact) mass is 360 g/mol. The quantitative estimate of drug-likeness (QED) is 0.867. The zero-order valence-electron chi connectivity index (χ0n) is 16.1. The molecular formula is C20H32N4O2. The van der Waals surface area contributed by atoms with Gasteiger partial charge in [-0.2, -0.15) is 5.10 Å². The van der Waals surface area contributed by atoms with Gasteiger partial charge in [0.15, 0.2) is 0 Å². The van der Waals surface area contributed by atoms with Crippen LogP contribution in [0.15, 0.2) is 6.20 Å². The first-order chi connectivity index (χ1) is 12.5. The number of ether oxygens (including phenoxy) is 1. The van der Waals surface area contributed by atoms with Crippen LogP contribution in [0.3, 0.4) is 0 Å². The van der Waals surface area contributed by atoms with Gasteiger partial charge in [-0.1, -0.05) is 12.8 Å². The van der Waals surface area contributed by atoms with E-state index in [1.165, 1.54) is 36.9 Å². The summed E-state index contributed by atoms with van der Waals surface area (Å²) in [5, 5.41) is 10.7. The minimum Gasteiger partial charge on any atom is -0.370 e. The van der Waals surface area contributed by atoms with E-state index in [4.69, 9.17) is 4.74 Å². The van der Waals surface area contributed by atoms with Crippen LogP contribution in [0.25, 0.3) is 0 Å². The lowest BCUT2D eigenvalue weighted by Gasteiger charge is -2.26. The Labute approximate surface area is 156 Å². The summed E-state index contributed by atoms with van der Waals surface area (Å²) in [5.41, 5.74) is 2.75. The van der Waals surface area contributed by atoms with Crippen LogP contribution in [-0.4, -0.2) is 40.1 Å². The van der Waals surface area contributed by atoms with E-state index in [1.807, 2.05) is 6.20 Å². The van der Waals surface area contributed by atoms with Gasteiger partial charge in [0.25, 0.3) is 0 Å². The fraction of sp³-hybridized carbons (Fsp3) is 0.800. The van der Waals surface area contributed by atoms with E-state index in [1.54, 1.807) is 0 Å². The van der Waals surface area contributed by atoms with Crippen molar-refractivity contribution in [2.24, 2.45) is 0 Å². The second kappa shape index (κ2) is 7.22. The highest BCUT2D eigenvalue weighted by Crippen LogP contribution is 2.43.